The van der Waals surface area contributed by atoms with E-state index >= 15 is 0 Å². The quantitative estimate of drug-likeness (QED) is 0.753. The zero-order valence-corrected chi connectivity index (χ0v) is 13.5. The zero-order valence-electron chi connectivity index (χ0n) is 13.5. The van der Waals surface area contributed by atoms with Crippen LogP contribution in [0.1, 0.15) is 58.6 Å². The molecule has 0 fully saturated rings. The predicted molar refractivity (Wildman–Crippen MR) is 85.9 cm³/mol. The molecule has 0 aliphatic rings. The standard InChI is InChI=1S/C17H29FN2/c1-6-11-19-13(4)14-9-10-17(16(18)12-14)20(5)15(7-2)8-3/h9-10,12-13,15,19H,6-8,11H2,1-5H3. The maximum atomic E-state index is 14.3. The smallest absolute Gasteiger partial charge is 0.146 e. The average Bonchev–Trinajstić information content (AvgIpc) is 2.45. The third-order valence-electron chi connectivity index (χ3n) is 4.04. The van der Waals surface area contributed by atoms with Gasteiger partial charge < -0.3 is 10.2 Å². The number of nitrogens with one attached hydrogen (secondary N) is 1. The number of hydrogen-bond acceptors (Lipinski definition) is 2. The predicted octanol–water partition coefficient (Wildman–Crippen LogP) is 4.51. The molecule has 1 aromatic carbocycles. The molecule has 1 unspecified atom stereocenters. The highest BCUT2D eigenvalue weighted by Gasteiger charge is 2.16. The average molecular weight is 280 g/mol. The Morgan fingerprint density at radius 2 is 1.85 bits per heavy atom. The molecule has 0 saturated heterocycles. The van der Waals surface area contributed by atoms with Crippen molar-refractivity contribution in [3.05, 3.63) is 29.6 Å². The molecule has 0 radical (unpaired) electrons. The van der Waals surface area contributed by atoms with Gasteiger partial charge in [-0.2, -0.15) is 0 Å². The van der Waals surface area contributed by atoms with Crippen LogP contribution < -0.4 is 10.2 Å². The second-order valence-corrected chi connectivity index (χ2v) is 5.47. The summed E-state index contributed by atoms with van der Waals surface area (Å²) >= 11 is 0. The van der Waals surface area contributed by atoms with Gasteiger partial charge in [0, 0.05) is 19.1 Å². The van der Waals surface area contributed by atoms with E-state index in [1.165, 1.54) is 0 Å². The van der Waals surface area contributed by atoms with Crippen LogP contribution >= 0.6 is 0 Å². The molecule has 0 aliphatic carbocycles. The lowest BCUT2D eigenvalue weighted by molar-refractivity contribution is 0.551. The van der Waals surface area contributed by atoms with Gasteiger partial charge in [0.25, 0.3) is 0 Å². The van der Waals surface area contributed by atoms with Crippen LogP contribution in [0, 0.1) is 5.82 Å². The summed E-state index contributed by atoms with van der Waals surface area (Å²) in [6, 6.07) is 6.20. The van der Waals surface area contributed by atoms with Gasteiger partial charge in [0.15, 0.2) is 0 Å². The van der Waals surface area contributed by atoms with Crippen LogP contribution in [0.2, 0.25) is 0 Å². The van der Waals surface area contributed by atoms with E-state index in [-0.39, 0.29) is 11.9 Å². The van der Waals surface area contributed by atoms with Crippen molar-refractivity contribution in [1.82, 2.24) is 5.32 Å². The molecule has 0 heterocycles. The van der Waals surface area contributed by atoms with Gasteiger partial charge in [-0.3, -0.25) is 0 Å². The summed E-state index contributed by atoms with van der Waals surface area (Å²) in [4.78, 5) is 2.06. The molecule has 114 valence electrons. The van der Waals surface area contributed by atoms with Crippen LogP contribution in [-0.2, 0) is 0 Å². The molecule has 3 heteroatoms. The summed E-state index contributed by atoms with van der Waals surface area (Å²) < 4.78 is 14.3. The van der Waals surface area contributed by atoms with E-state index in [2.05, 4.69) is 37.9 Å². The number of anilines is 1. The van der Waals surface area contributed by atoms with Crippen LogP contribution in [0.25, 0.3) is 0 Å². The topological polar surface area (TPSA) is 15.3 Å². The first-order chi connectivity index (χ1) is 9.54. The molecule has 1 atom stereocenters. The summed E-state index contributed by atoms with van der Waals surface area (Å²) in [6.45, 7) is 9.46. The Labute approximate surface area is 123 Å². The van der Waals surface area contributed by atoms with Crippen molar-refractivity contribution >= 4 is 5.69 Å². The summed E-state index contributed by atoms with van der Waals surface area (Å²) in [7, 11) is 1.98. The summed E-state index contributed by atoms with van der Waals surface area (Å²) in [5.41, 5.74) is 1.71. The lowest BCUT2D eigenvalue weighted by Crippen LogP contribution is -2.31. The molecule has 0 saturated carbocycles. The van der Waals surface area contributed by atoms with Crippen molar-refractivity contribution in [2.24, 2.45) is 0 Å². The highest BCUT2D eigenvalue weighted by atomic mass is 19.1. The highest BCUT2D eigenvalue weighted by Crippen LogP contribution is 2.25. The van der Waals surface area contributed by atoms with Crippen molar-refractivity contribution in [2.75, 3.05) is 18.5 Å². The van der Waals surface area contributed by atoms with Gasteiger partial charge in [0.05, 0.1) is 5.69 Å². The lowest BCUT2D eigenvalue weighted by Gasteiger charge is -2.29. The minimum atomic E-state index is -0.123. The Morgan fingerprint density at radius 1 is 1.20 bits per heavy atom. The van der Waals surface area contributed by atoms with Gasteiger partial charge in [0.2, 0.25) is 0 Å². The van der Waals surface area contributed by atoms with E-state index in [0.29, 0.717) is 11.7 Å². The van der Waals surface area contributed by atoms with Gasteiger partial charge in [0.1, 0.15) is 5.82 Å². The maximum absolute atomic E-state index is 14.3. The van der Waals surface area contributed by atoms with Gasteiger partial charge in [-0.25, -0.2) is 4.39 Å². The van der Waals surface area contributed by atoms with Gasteiger partial charge >= 0.3 is 0 Å². The van der Waals surface area contributed by atoms with E-state index in [4.69, 9.17) is 0 Å². The van der Waals surface area contributed by atoms with Crippen LogP contribution in [-0.4, -0.2) is 19.6 Å². The van der Waals surface area contributed by atoms with Crippen LogP contribution in [0.5, 0.6) is 0 Å². The third kappa shape index (κ3) is 4.20. The molecule has 0 spiro atoms. The van der Waals surface area contributed by atoms with Crippen LogP contribution in [0.3, 0.4) is 0 Å². The molecule has 1 aromatic rings. The lowest BCUT2D eigenvalue weighted by atomic mass is 10.1. The minimum Gasteiger partial charge on any atom is -0.369 e. The van der Waals surface area contributed by atoms with Crippen LogP contribution in [0.4, 0.5) is 10.1 Å². The largest absolute Gasteiger partial charge is 0.369 e. The Kier molecular flexibility index (Phi) is 7.00. The second kappa shape index (κ2) is 8.25. The van der Waals surface area contributed by atoms with Gasteiger partial charge in [-0.1, -0.05) is 26.8 Å². The van der Waals surface area contributed by atoms with Crippen molar-refractivity contribution < 1.29 is 4.39 Å². The van der Waals surface area contributed by atoms with E-state index < -0.39 is 0 Å². The van der Waals surface area contributed by atoms with E-state index in [0.717, 1.165) is 31.4 Å². The van der Waals surface area contributed by atoms with Crippen molar-refractivity contribution in [3.63, 3.8) is 0 Å². The number of benzene rings is 1. The SMILES string of the molecule is CCCNC(C)c1ccc(N(C)C(CC)CC)c(F)c1. The fourth-order valence-electron chi connectivity index (χ4n) is 2.59. The van der Waals surface area contributed by atoms with E-state index in [9.17, 15) is 4.39 Å². The van der Waals surface area contributed by atoms with Crippen LogP contribution in [0.15, 0.2) is 18.2 Å². The Morgan fingerprint density at radius 3 is 2.35 bits per heavy atom. The maximum Gasteiger partial charge on any atom is 0.146 e. The number of hydrogen-bond donors (Lipinski definition) is 1. The normalized spacial score (nSPS) is 12.8. The fraction of sp³-hybridized carbons (Fsp3) is 0.647. The van der Waals surface area contributed by atoms with E-state index in [1.807, 2.05) is 19.2 Å². The van der Waals surface area contributed by atoms with Crippen molar-refractivity contribution in [3.8, 4) is 0 Å². The number of rotatable bonds is 8. The number of halogens is 1. The molecule has 20 heavy (non-hydrogen) atoms. The monoisotopic (exact) mass is 280 g/mol. The second-order valence-electron chi connectivity index (χ2n) is 5.47. The third-order valence-corrected chi connectivity index (χ3v) is 4.04. The fourth-order valence-corrected chi connectivity index (χ4v) is 2.59. The van der Waals surface area contributed by atoms with Gasteiger partial charge in [-0.05, 0) is 50.4 Å². The first kappa shape index (κ1) is 17.0. The van der Waals surface area contributed by atoms with Gasteiger partial charge in [-0.15, -0.1) is 0 Å². The molecular weight excluding hydrogens is 251 g/mol. The molecule has 0 aromatic heterocycles. The number of nitrogens with zero attached hydrogens (tertiary/aromatic N) is 1. The van der Waals surface area contributed by atoms with Crippen molar-refractivity contribution in [1.29, 1.82) is 0 Å². The summed E-state index contributed by atoms with van der Waals surface area (Å²) in [5.74, 6) is -0.123. The van der Waals surface area contributed by atoms with E-state index in [1.54, 1.807) is 6.07 Å². The highest BCUT2D eigenvalue weighted by molar-refractivity contribution is 5.49. The first-order valence-corrected chi connectivity index (χ1v) is 7.80. The van der Waals surface area contributed by atoms with Crippen molar-refractivity contribution in [2.45, 2.75) is 59.0 Å². The zero-order chi connectivity index (χ0) is 15.1. The molecular formula is C17H29FN2. The molecule has 2 nitrogen and oxygen atoms in total. The first-order valence-electron chi connectivity index (χ1n) is 7.80. The molecule has 0 aliphatic heterocycles. The molecule has 0 bridgehead atoms. The summed E-state index contributed by atoms with van der Waals surface area (Å²) in [5, 5.41) is 3.39. The Hall–Kier alpha value is -1.09. The summed E-state index contributed by atoms with van der Waals surface area (Å²) in [6.07, 6.45) is 3.15. The molecule has 1 N–H and O–H groups in total. The Balaban J connectivity index is 2.87. The molecule has 0 amide bonds. The molecule has 1 rings (SSSR count). The minimum absolute atomic E-state index is 0.123. The Bertz CT molecular complexity index is 402.